The lowest BCUT2D eigenvalue weighted by atomic mass is 10.2. The minimum Gasteiger partial charge on any atom is -0.396 e. The SMILES string of the molecule is O=[N+]([O-])c1cccc(F)c1-n1cc(CCCO)nn1. The van der Waals surface area contributed by atoms with Gasteiger partial charge in [-0.05, 0) is 18.9 Å². The Morgan fingerprint density at radius 1 is 1.47 bits per heavy atom. The third-order valence-electron chi connectivity index (χ3n) is 2.52. The zero-order chi connectivity index (χ0) is 13.8. The van der Waals surface area contributed by atoms with Crippen molar-refractivity contribution in [2.75, 3.05) is 6.61 Å². The molecule has 8 heteroatoms. The van der Waals surface area contributed by atoms with Crippen LogP contribution in [0.4, 0.5) is 10.1 Å². The van der Waals surface area contributed by atoms with E-state index in [4.69, 9.17) is 5.11 Å². The fourth-order valence-electron chi connectivity index (χ4n) is 1.66. The van der Waals surface area contributed by atoms with Crippen LogP contribution in [0, 0.1) is 15.9 Å². The average Bonchev–Trinajstić information content (AvgIpc) is 2.84. The molecule has 0 saturated carbocycles. The molecule has 1 aromatic heterocycles. The third-order valence-corrected chi connectivity index (χ3v) is 2.52. The van der Waals surface area contributed by atoms with Crippen LogP contribution in [-0.4, -0.2) is 31.6 Å². The second-order valence-electron chi connectivity index (χ2n) is 3.85. The summed E-state index contributed by atoms with van der Waals surface area (Å²) in [5.41, 5.74) is -0.0829. The normalized spacial score (nSPS) is 10.6. The first kappa shape index (κ1) is 13.1. The molecular formula is C11H11FN4O3. The van der Waals surface area contributed by atoms with Gasteiger partial charge in [0.2, 0.25) is 0 Å². The molecule has 0 radical (unpaired) electrons. The maximum absolute atomic E-state index is 13.7. The highest BCUT2D eigenvalue weighted by atomic mass is 19.1. The Morgan fingerprint density at radius 3 is 2.95 bits per heavy atom. The van der Waals surface area contributed by atoms with E-state index in [0.29, 0.717) is 18.5 Å². The number of aliphatic hydroxyl groups excluding tert-OH is 1. The molecule has 0 amide bonds. The van der Waals surface area contributed by atoms with Crippen LogP contribution in [0.15, 0.2) is 24.4 Å². The fraction of sp³-hybridized carbons (Fsp3) is 0.273. The van der Waals surface area contributed by atoms with Crippen molar-refractivity contribution >= 4 is 5.69 Å². The number of nitro benzene ring substituents is 1. The van der Waals surface area contributed by atoms with Gasteiger partial charge in [0.05, 0.1) is 16.8 Å². The highest BCUT2D eigenvalue weighted by molar-refractivity contribution is 5.52. The molecule has 100 valence electrons. The Morgan fingerprint density at radius 2 is 2.26 bits per heavy atom. The number of hydrogen-bond acceptors (Lipinski definition) is 5. The number of aliphatic hydroxyl groups is 1. The van der Waals surface area contributed by atoms with Gasteiger partial charge in [-0.25, -0.2) is 9.07 Å². The molecule has 0 aliphatic rings. The first-order chi connectivity index (χ1) is 9.13. The summed E-state index contributed by atoms with van der Waals surface area (Å²) in [5.74, 6) is -0.743. The summed E-state index contributed by atoms with van der Waals surface area (Å²) in [6.07, 6.45) is 2.39. The predicted molar refractivity (Wildman–Crippen MR) is 63.4 cm³/mol. The Hall–Kier alpha value is -2.35. The minimum atomic E-state index is -0.743. The van der Waals surface area contributed by atoms with Crippen LogP contribution in [-0.2, 0) is 6.42 Å². The Balaban J connectivity index is 2.41. The summed E-state index contributed by atoms with van der Waals surface area (Å²) in [6, 6.07) is 3.59. The summed E-state index contributed by atoms with van der Waals surface area (Å²) >= 11 is 0. The number of halogens is 1. The van der Waals surface area contributed by atoms with Gasteiger partial charge in [-0.15, -0.1) is 5.10 Å². The summed E-state index contributed by atoms with van der Waals surface area (Å²) in [5, 5.41) is 27.0. The van der Waals surface area contributed by atoms with E-state index in [1.807, 2.05) is 0 Å². The molecule has 1 N–H and O–H groups in total. The highest BCUT2D eigenvalue weighted by Gasteiger charge is 2.20. The Kier molecular flexibility index (Phi) is 3.81. The van der Waals surface area contributed by atoms with E-state index < -0.39 is 10.7 Å². The second kappa shape index (κ2) is 5.53. The van der Waals surface area contributed by atoms with E-state index in [2.05, 4.69) is 10.3 Å². The van der Waals surface area contributed by atoms with Crippen molar-refractivity contribution in [3.8, 4) is 5.69 Å². The van der Waals surface area contributed by atoms with Gasteiger partial charge in [-0.1, -0.05) is 11.3 Å². The molecular weight excluding hydrogens is 255 g/mol. The maximum atomic E-state index is 13.7. The molecule has 1 aromatic carbocycles. The smallest absolute Gasteiger partial charge is 0.297 e. The van der Waals surface area contributed by atoms with Gasteiger partial charge in [-0.3, -0.25) is 10.1 Å². The molecule has 0 unspecified atom stereocenters. The molecule has 0 spiro atoms. The summed E-state index contributed by atoms with van der Waals surface area (Å²) in [6.45, 7) is 0.00665. The third kappa shape index (κ3) is 2.74. The number of hydrogen-bond donors (Lipinski definition) is 1. The molecule has 2 rings (SSSR count). The van der Waals surface area contributed by atoms with Crippen molar-refractivity contribution in [2.24, 2.45) is 0 Å². The van der Waals surface area contributed by atoms with Crippen LogP contribution in [0.1, 0.15) is 12.1 Å². The van der Waals surface area contributed by atoms with Gasteiger partial charge < -0.3 is 5.11 Å². The molecule has 0 aliphatic carbocycles. The van der Waals surface area contributed by atoms with Crippen LogP contribution in [0.3, 0.4) is 0 Å². The Bertz CT molecular complexity index is 599. The molecule has 0 fully saturated rings. The number of para-hydroxylation sites is 1. The fourth-order valence-corrected chi connectivity index (χ4v) is 1.66. The molecule has 19 heavy (non-hydrogen) atoms. The quantitative estimate of drug-likeness (QED) is 0.649. The van der Waals surface area contributed by atoms with Crippen molar-refractivity contribution < 1.29 is 14.4 Å². The number of benzene rings is 1. The van der Waals surface area contributed by atoms with Crippen LogP contribution in [0.2, 0.25) is 0 Å². The Labute approximate surface area is 107 Å². The number of aryl methyl sites for hydroxylation is 1. The van der Waals surface area contributed by atoms with E-state index in [0.717, 1.165) is 10.7 Å². The predicted octanol–water partition coefficient (Wildman–Crippen LogP) is 1.24. The van der Waals surface area contributed by atoms with Crippen LogP contribution >= 0.6 is 0 Å². The van der Waals surface area contributed by atoms with Crippen LogP contribution in [0.5, 0.6) is 0 Å². The maximum Gasteiger partial charge on any atom is 0.297 e. The molecule has 0 saturated heterocycles. The van der Waals surface area contributed by atoms with Gasteiger partial charge in [0.15, 0.2) is 11.5 Å². The number of aromatic nitrogens is 3. The van der Waals surface area contributed by atoms with E-state index in [1.165, 1.54) is 18.3 Å². The van der Waals surface area contributed by atoms with E-state index in [9.17, 15) is 14.5 Å². The number of rotatable bonds is 5. The molecule has 0 bridgehead atoms. The molecule has 1 heterocycles. The second-order valence-corrected chi connectivity index (χ2v) is 3.85. The number of nitro groups is 1. The summed E-state index contributed by atoms with van der Waals surface area (Å²) < 4.78 is 14.8. The zero-order valence-electron chi connectivity index (χ0n) is 9.86. The van der Waals surface area contributed by atoms with Crippen LogP contribution < -0.4 is 0 Å². The topological polar surface area (TPSA) is 94.1 Å². The lowest BCUT2D eigenvalue weighted by Gasteiger charge is -2.02. The summed E-state index contributed by atoms with van der Waals surface area (Å²) in [4.78, 5) is 10.2. The lowest BCUT2D eigenvalue weighted by Crippen LogP contribution is -2.03. The lowest BCUT2D eigenvalue weighted by molar-refractivity contribution is -0.384. The van der Waals surface area contributed by atoms with Crippen molar-refractivity contribution in [3.63, 3.8) is 0 Å². The van der Waals surface area contributed by atoms with Gasteiger partial charge in [0.1, 0.15) is 0 Å². The van der Waals surface area contributed by atoms with E-state index in [-0.39, 0.29) is 18.0 Å². The first-order valence-corrected chi connectivity index (χ1v) is 5.59. The molecule has 0 aliphatic heterocycles. The van der Waals surface area contributed by atoms with Crippen LogP contribution in [0.25, 0.3) is 5.69 Å². The zero-order valence-corrected chi connectivity index (χ0v) is 9.86. The van der Waals surface area contributed by atoms with Crippen molar-refractivity contribution in [2.45, 2.75) is 12.8 Å². The van der Waals surface area contributed by atoms with Crippen molar-refractivity contribution in [1.82, 2.24) is 15.0 Å². The van der Waals surface area contributed by atoms with Gasteiger partial charge >= 0.3 is 0 Å². The standard InChI is InChI=1S/C11H11FN4O3/c12-9-4-1-5-10(16(18)19)11(9)15-7-8(13-14-15)3-2-6-17/h1,4-5,7,17H,2-3,6H2. The van der Waals surface area contributed by atoms with Crippen molar-refractivity contribution in [1.29, 1.82) is 0 Å². The molecule has 2 aromatic rings. The molecule has 7 nitrogen and oxygen atoms in total. The minimum absolute atomic E-state index is 0.00665. The summed E-state index contributed by atoms with van der Waals surface area (Å²) in [7, 11) is 0. The van der Waals surface area contributed by atoms with Gasteiger partial charge in [-0.2, -0.15) is 0 Å². The monoisotopic (exact) mass is 266 g/mol. The number of nitrogens with zero attached hydrogens (tertiary/aromatic N) is 4. The van der Waals surface area contributed by atoms with E-state index in [1.54, 1.807) is 0 Å². The largest absolute Gasteiger partial charge is 0.396 e. The van der Waals surface area contributed by atoms with E-state index >= 15 is 0 Å². The van der Waals surface area contributed by atoms with Gasteiger partial charge in [0.25, 0.3) is 5.69 Å². The first-order valence-electron chi connectivity index (χ1n) is 5.59. The van der Waals surface area contributed by atoms with Gasteiger partial charge in [0, 0.05) is 12.7 Å². The molecule has 0 atom stereocenters. The average molecular weight is 266 g/mol. The van der Waals surface area contributed by atoms with Crippen molar-refractivity contribution in [3.05, 3.63) is 46.0 Å². The highest BCUT2D eigenvalue weighted by Crippen LogP contribution is 2.24.